The van der Waals surface area contributed by atoms with Gasteiger partial charge in [0.15, 0.2) is 11.5 Å². The summed E-state index contributed by atoms with van der Waals surface area (Å²) in [6.07, 6.45) is 0. The van der Waals surface area contributed by atoms with Gasteiger partial charge in [0.2, 0.25) is 5.95 Å². The van der Waals surface area contributed by atoms with E-state index in [4.69, 9.17) is 15.2 Å². The molecule has 2 aromatic carbocycles. The van der Waals surface area contributed by atoms with Crippen LogP contribution in [0.2, 0.25) is 0 Å². The number of rotatable bonds is 3. The number of aromatic nitrogens is 2. The number of nitrogens with zero attached hydrogens (tertiary/aromatic N) is 3. The second kappa shape index (κ2) is 6.01. The lowest BCUT2D eigenvalue weighted by Gasteiger charge is -2.29. The normalized spacial score (nSPS) is 16.0. The van der Waals surface area contributed by atoms with Gasteiger partial charge in [0.05, 0.1) is 30.8 Å². The molecule has 0 amide bonds. The van der Waals surface area contributed by atoms with E-state index in [0.717, 1.165) is 16.6 Å². The minimum atomic E-state index is -0.478. The number of anilines is 1. The first-order valence-electron chi connectivity index (χ1n) is 8.04. The fraction of sp³-hybridized carbons (Fsp3) is 0.158. The van der Waals surface area contributed by atoms with Gasteiger partial charge in [-0.05, 0) is 18.2 Å². The summed E-state index contributed by atoms with van der Waals surface area (Å²) in [4.78, 5) is 4.60. The van der Waals surface area contributed by atoms with Crippen LogP contribution in [0.3, 0.4) is 0 Å². The third kappa shape index (κ3) is 2.16. The van der Waals surface area contributed by atoms with Crippen LogP contribution in [0.4, 0.5) is 5.95 Å². The lowest BCUT2D eigenvalue weighted by Crippen LogP contribution is -2.28. The monoisotopic (exact) mass is 347 g/mol. The first-order chi connectivity index (χ1) is 12.7. The van der Waals surface area contributed by atoms with Crippen molar-refractivity contribution < 1.29 is 9.47 Å². The summed E-state index contributed by atoms with van der Waals surface area (Å²) in [5, 5.41) is 12.8. The van der Waals surface area contributed by atoms with Crippen LogP contribution >= 0.6 is 0 Å². The summed E-state index contributed by atoms with van der Waals surface area (Å²) < 4.78 is 13.0. The largest absolute Gasteiger partial charge is 0.493 e. The number of ether oxygens (including phenoxy) is 2. The van der Waals surface area contributed by atoms with Gasteiger partial charge in [-0.3, -0.25) is 4.57 Å². The number of fused-ring (bicyclic) bond motifs is 3. The molecule has 3 aromatic rings. The highest BCUT2D eigenvalue weighted by molar-refractivity contribution is 5.81. The van der Waals surface area contributed by atoms with Crippen molar-refractivity contribution in [2.45, 2.75) is 6.04 Å². The molecule has 0 fully saturated rings. The maximum Gasteiger partial charge on any atom is 0.210 e. The highest BCUT2D eigenvalue weighted by atomic mass is 16.5. The van der Waals surface area contributed by atoms with Crippen molar-refractivity contribution in [3.05, 3.63) is 59.4 Å². The van der Waals surface area contributed by atoms with Gasteiger partial charge >= 0.3 is 0 Å². The fourth-order valence-electron chi connectivity index (χ4n) is 3.40. The topological polar surface area (TPSA) is 98.1 Å². The first kappa shape index (κ1) is 15.8. The second-order valence-electron chi connectivity index (χ2n) is 5.84. The molecule has 0 spiro atoms. The molecule has 0 saturated heterocycles. The zero-order valence-corrected chi connectivity index (χ0v) is 14.4. The van der Waals surface area contributed by atoms with E-state index in [1.54, 1.807) is 14.2 Å². The number of nitrogens with one attached hydrogen (secondary N) is 1. The molecule has 3 N–H and O–H groups in total. The average molecular weight is 347 g/mol. The van der Waals surface area contributed by atoms with Crippen molar-refractivity contribution >= 4 is 17.0 Å². The molecule has 2 heterocycles. The molecule has 26 heavy (non-hydrogen) atoms. The molecular weight excluding hydrogens is 330 g/mol. The number of hydrogen-bond donors (Lipinski definition) is 2. The van der Waals surface area contributed by atoms with E-state index < -0.39 is 6.04 Å². The van der Waals surface area contributed by atoms with Crippen LogP contribution in [0.15, 0.2) is 53.9 Å². The Hall–Kier alpha value is -3.66. The molecule has 1 unspecified atom stereocenters. The lowest BCUT2D eigenvalue weighted by molar-refractivity contribution is 0.349. The van der Waals surface area contributed by atoms with Crippen LogP contribution in [0.1, 0.15) is 11.6 Å². The molecule has 7 nitrogen and oxygen atoms in total. The summed E-state index contributed by atoms with van der Waals surface area (Å²) >= 11 is 0. The smallest absolute Gasteiger partial charge is 0.210 e. The molecule has 1 aliphatic rings. The quantitative estimate of drug-likeness (QED) is 0.756. The third-order valence-electron chi connectivity index (χ3n) is 4.51. The highest BCUT2D eigenvalue weighted by Crippen LogP contribution is 2.43. The van der Waals surface area contributed by atoms with Gasteiger partial charge < -0.3 is 20.5 Å². The Morgan fingerprint density at radius 3 is 2.69 bits per heavy atom. The summed E-state index contributed by atoms with van der Waals surface area (Å²) in [7, 11) is 3.16. The molecule has 1 aliphatic heterocycles. The zero-order valence-electron chi connectivity index (χ0n) is 14.4. The number of nitriles is 1. The number of para-hydroxylation sites is 3. The molecule has 130 valence electrons. The maximum atomic E-state index is 9.78. The summed E-state index contributed by atoms with van der Waals surface area (Å²) in [6.45, 7) is 0. The average Bonchev–Trinajstić information content (AvgIpc) is 3.03. The standard InChI is InChI=1S/C19H17N5O2/c1-25-15-9-5-6-11(17(15)26-2)16-12(10-20)18(21)23-19-22-13-7-3-4-8-14(13)24(16)19/h3-9,16H,21H2,1-2H3,(H,22,23). The van der Waals surface area contributed by atoms with E-state index in [1.165, 1.54) is 0 Å². The SMILES string of the molecule is COc1cccc(C2C(C#N)=C(N)Nc3nc4ccccc4n32)c1OC. The van der Waals surface area contributed by atoms with E-state index >= 15 is 0 Å². The van der Waals surface area contributed by atoms with Gasteiger partial charge in [-0.25, -0.2) is 4.98 Å². The lowest BCUT2D eigenvalue weighted by atomic mass is 9.96. The molecule has 7 heteroatoms. The van der Waals surface area contributed by atoms with E-state index in [1.807, 2.05) is 47.0 Å². The maximum absolute atomic E-state index is 9.78. The van der Waals surface area contributed by atoms with Gasteiger partial charge in [0.25, 0.3) is 0 Å². The first-order valence-corrected chi connectivity index (χ1v) is 8.04. The van der Waals surface area contributed by atoms with Crippen LogP contribution in [0.25, 0.3) is 11.0 Å². The molecule has 0 aliphatic carbocycles. The molecule has 1 atom stereocenters. The number of hydrogen-bond acceptors (Lipinski definition) is 6. The Labute approximate surface area is 150 Å². The minimum absolute atomic E-state index is 0.283. The number of allylic oxidation sites excluding steroid dienone is 1. The highest BCUT2D eigenvalue weighted by Gasteiger charge is 2.33. The van der Waals surface area contributed by atoms with Crippen LogP contribution < -0.4 is 20.5 Å². The van der Waals surface area contributed by atoms with Gasteiger partial charge in [-0.15, -0.1) is 0 Å². The molecule has 1 aromatic heterocycles. The Balaban J connectivity index is 2.06. The zero-order chi connectivity index (χ0) is 18.3. The predicted octanol–water partition coefficient (Wildman–Crippen LogP) is 2.76. The van der Waals surface area contributed by atoms with E-state index in [9.17, 15) is 5.26 Å². The molecule has 0 radical (unpaired) electrons. The van der Waals surface area contributed by atoms with E-state index in [-0.39, 0.29) is 5.82 Å². The second-order valence-corrected chi connectivity index (χ2v) is 5.84. The number of imidazole rings is 1. The van der Waals surface area contributed by atoms with Crippen molar-refractivity contribution in [1.82, 2.24) is 9.55 Å². The van der Waals surface area contributed by atoms with E-state index in [0.29, 0.717) is 23.0 Å². The van der Waals surface area contributed by atoms with Crippen LogP contribution in [0, 0.1) is 11.3 Å². The van der Waals surface area contributed by atoms with Gasteiger partial charge in [-0.2, -0.15) is 5.26 Å². The Kier molecular flexibility index (Phi) is 3.66. The van der Waals surface area contributed by atoms with Crippen LogP contribution in [-0.2, 0) is 0 Å². The van der Waals surface area contributed by atoms with Crippen LogP contribution in [0.5, 0.6) is 11.5 Å². The summed E-state index contributed by atoms with van der Waals surface area (Å²) in [5.74, 6) is 2.01. The number of nitrogens with two attached hydrogens (primary N) is 1. The Morgan fingerprint density at radius 2 is 1.96 bits per heavy atom. The fourth-order valence-corrected chi connectivity index (χ4v) is 3.40. The van der Waals surface area contributed by atoms with Gasteiger partial charge in [0, 0.05) is 5.56 Å². The predicted molar refractivity (Wildman–Crippen MR) is 97.9 cm³/mol. The number of benzene rings is 2. The van der Waals surface area contributed by atoms with Crippen molar-refractivity contribution in [3.63, 3.8) is 0 Å². The third-order valence-corrected chi connectivity index (χ3v) is 4.51. The molecular formula is C19H17N5O2. The van der Waals surface area contributed by atoms with Gasteiger partial charge in [-0.1, -0.05) is 24.3 Å². The minimum Gasteiger partial charge on any atom is -0.493 e. The Morgan fingerprint density at radius 1 is 1.15 bits per heavy atom. The molecule has 0 bridgehead atoms. The van der Waals surface area contributed by atoms with Crippen LogP contribution in [-0.4, -0.2) is 23.8 Å². The summed E-state index contributed by atoms with van der Waals surface area (Å²) in [5.41, 5.74) is 9.01. The van der Waals surface area contributed by atoms with Gasteiger partial charge in [0.1, 0.15) is 17.9 Å². The Bertz CT molecular complexity index is 1080. The van der Waals surface area contributed by atoms with Crippen molar-refractivity contribution in [2.24, 2.45) is 5.73 Å². The molecule has 4 rings (SSSR count). The number of methoxy groups -OCH3 is 2. The summed E-state index contributed by atoms with van der Waals surface area (Å²) in [6, 6.07) is 15.1. The van der Waals surface area contributed by atoms with E-state index in [2.05, 4.69) is 16.4 Å². The van der Waals surface area contributed by atoms with Crippen molar-refractivity contribution in [1.29, 1.82) is 5.26 Å². The molecule has 0 saturated carbocycles. The van der Waals surface area contributed by atoms with Crippen molar-refractivity contribution in [2.75, 3.05) is 19.5 Å². The van der Waals surface area contributed by atoms with Crippen molar-refractivity contribution in [3.8, 4) is 17.6 Å².